The molecule has 0 aliphatic carbocycles. The molecule has 0 atom stereocenters. The number of hydrogen-bond donors (Lipinski definition) is 0. The zero-order chi connectivity index (χ0) is 38.7. The first kappa shape index (κ1) is 34.1. The van der Waals surface area contributed by atoms with Gasteiger partial charge in [-0.15, -0.1) is 11.3 Å². The predicted octanol–water partition coefficient (Wildman–Crippen LogP) is 14.3. The van der Waals surface area contributed by atoms with E-state index >= 15 is 0 Å². The Morgan fingerprint density at radius 3 is 1.78 bits per heavy atom. The Kier molecular flexibility index (Phi) is 8.09. The first-order chi connectivity index (χ1) is 28.6. The summed E-state index contributed by atoms with van der Waals surface area (Å²) in [6, 6.07) is 64.9. The molecule has 4 nitrogen and oxygen atoms in total. The molecule has 3 heterocycles. The fourth-order valence-corrected chi connectivity index (χ4v) is 9.75. The number of rotatable bonds is 6. The minimum Gasteiger partial charge on any atom is -0.308 e. The van der Waals surface area contributed by atoms with Crippen molar-refractivity contribution in [3.63, 3.8) is 0 Å². The molecular formula is C53H36N4S. The Hall–Kier alpha value is -7.21. The molecule has 274 valence electrons. The third kappa shape index (κ3) is 5.70. The highest BCUT2D eigenvalue weighted by atomic mass is 32.1. The second-order valence-corrected chi connectivity index (χ2v) is 16.0. The van der Waals surface area contributed by atoms with Gasteiger partial charge in [0.2, 0.25) is 0 Å². The zero-order valence-electron chi connectivity index (χ0n) is 32.0. The van der Waals surface area contributed by atoms with E-state index in [1.807, 2.05) is 47.7 Å². The van der Waals surface area contributed by atoms with Crippen molar-refractivity contribution in [2.24, 2.45) is 0 Å². The van der Waals surface area contributed by atoms with Crippen LogP contribution in [0.3, 0.4) is 0 Å². The molecule has 11 rings (SSSR count). The number of benzene rings is 8. The molecule has 3 aromatic heterocycles. The van der Waals surface area contributed by atoms with Crippen molar-refractivity contribution in [3.8, 4) is 62.1 Å². The summed E-state index contributed by atoms with van der Waals surface area (Å²) < 4.78 is 4.96. The van der Waals surface area contributed by atoms with Crippen molar-refractivity contribution < 1.29 is 0 Å². The van der Waals surface area contributed by atoms with Gasteiger partial charge in [0.25, 0.3) is 0 Å². The van der Waals surface area contributed by atoms with Gasteiger partial charge >= 0.3 is 0 Å². The van der Waals surface area contributed by atoms with Crippen molar-refractivity contribution in [2.75, 3.05) is 0 Å². The molecule has 0 unspecified atom stereocenters. The van der Waals surface area contributed by atoms with Crippen molar-refractivity contribution in [1.82, 2.24) is 19.5 Å². The Bertz CT molecular complexity index is 3300. The number of aryl methyl sites for hydroxylation is 2. The van der Waals surface area contributed by atoms with Gasteiger partial charge in [-0.05, 0) is 72.0 Å². The first-order valence-electron chi connectivity index (χ1n) is 19.6. The quantitative estimate of drug-likeness (QED) is 0.169. The van der Waals surface area contributed by atoms with Crippen LogP contribution in [0.5, 0.6) is 0 Å². The van der Waals surface area contributed by atoms with Crippen LogP contribution in [0, 0.1) is 13.8 Å². The summed E-state index contributed by atoms with van der Waals surface area (Å²) in [5.41, 5.74) is 13.3. The van der Waals surface area contributed by atoms with Gasteiger partial charge in [0.05, 0.1) is 16.7 Å². The van der Waals surface area contributed by atoms with Gasteiger partial charge in [0.1, 0.15) is 0 Å². The lowest BCUT2D eigenvalue weighted by molar-refractivity contribution is 1.06. The van der Waals surface area contributed by atoms with Crippen molar-refractivity contribution in [3.05, 3.63) is 193 Å². The van der Waals surface area contributed by atoms with E-state index in [-0.39, 0.29) is 0 Å². The summed E-state index contributed by atoms with van der Waals surface area (Å²) in [5.74, 6) is 1.88. The number of aromatic nitrogens is 4. The van der Waals surface area contributed by atoms with Gasteiger partial charge in [-0.2, -0.15) is 0 Å². The number of fused-ring (bicyclic) bond motifs is 6. The standard InChI is InChI=1S/C53H36N4S/c1-33-24-27-39(34(2)30-33)38-25-28-42-41-18-9-11-22-46(41)57(48(42)32-38)47-29-26-37(40-20-13-21-44-43-19-10-12-23-49(43)58-50(40)44)31-45(47)53-55-51(35-14-5-3-6-15-35)54-52(56-53)36-16-7-4-8-17-36/h3-32H,1-2H3. The molecular weight excluding hydrogens is 725 g/mol. The molecule has 0 N–H and O–H groups in total. The number of hydrogen-bond acceptors (Lipinski definition) is 4. The molecule has 5 heteroatoms. The molecule has 0 amide bonds. The van der Waals surface area contributed by atoms with Crippen LogP contribution in [0.4, 0.5) is 0 Å². The average molecular weight is 761 g/mol. The van der Waals surface area contributed by atoms with Crippen LogP contribution in [0.15, 0.2) is 182 Å². The van der Waals surface area contributed by atoms with E-state index < -0.39 is 0 Å². The lowest BCUT2D eigenvalue weighted by Crippen LogP contribution is -2.04. The maximum absolute atomic E-state index is 5.31. The monoisotopic (exact) mass is 760 g/mol. The smallest absolute Gasteiger partial charge is 0.166 e. The summed E-state index contributed by atoms with van der Waals surface area (Å²) in [5, 5.41) is 4.94. The largest absolute Gasteiger partial charge is 0.308 e. The van der Waals surface area contributed by atoms with Gasteiger partial charge in [0, 0.05) is 47.6 Å². The van der Waals surface area contributed by atoms with Crippen molar-refractivity contribution in [2.45, 2.75) is 13.8 Å². The maximum Gasteiger partial charge on any atom is 0.166 e. The fourth-order valence-electron chi connectivity index (χ4n) is 8.52. The summed E-state index contributed by atoms with van der Waals surface area (Å²) in [6.45, 7) is 4.35. The molecule has 0 radical (unpaired) electrons. The average Bonchev–Trinajstić information content (AvgIpc) is 3.82. The van der Waals surface area contributed by atoms with Crippen LogP contribution in [-0.2, 0) is 0 Å². The summed E-state index contributed by atoms with van der Waals surface area (Å²) >= 11 is 1.84. The summed E-state index contributed by atoms with van der Waals surface area (Å²) in [6.07, 6.45) is 0. The molecule has 0 saturated carbocycles. The van der Waals surface area contributed by atoms with Crippen LogP contribution in [-0.4, -0.2) is 19.5 Å². The van der Waals surface area contributed by atoms with Gasteiger partial charge in [0.15, 0.2) is 17.5 Å². The fraction of sp³-hybridized carbons (Fsp3) is 0.0377. The van der Waals surface area contributed by atoms with Crippen LogP contribution in [0.25, 0.3) is 104 Å². The molecule has 0 saturated heterocycles. The van der Waals surface area contributed by atoms with E-state index in [1.54, 1.807) is 0 Å². The van der Waals surface area contributed by atoms with Crippen LogP contribution < -0.4 is 0 Å². The number of para-hydroxylation sites is 1. The van der Waals surface area contributed by atoms with E-state index in [9.17, 15) is 0 Å². The molecule has 0 bridgehead atoms. The van der Waals surface area contributed by atoms with Crippen molar-refractivity contribution >= 4 is 53.3 Å². The molecule has 8 aromatic carbocycles. The second kappa shape index (κ2) is 13.8. The lowest BCUT2D eigenvalue weighted by atomic mass is 9.97. The number of nitrogens with zero attached hydrogens (tertiary/aromatic N) is 4. The topological polar surface area (TPSA) is 43.6 Å². The maximum atomic E-state index is 5.31. The molecule has 0 fully saturated rings. The SMILES string of the molecule is Cc1ccc(-c2ccc3c4ccccc4n(-c4ccc(-c5cccc6c5sc5ccccc56)cc4-c4nc(-c5ccccc5)nc(-c5ccccc5)n4)c3c2)c(C)c1. The minimum atomic E-state index is 0.615. The third-order valence-corrected chi connectivity index (χ3v) is 12.5. The highest BCUT2D eigenvalue weighted by Gasteiger charge is 2.22. The van der Waals surface area contributed by atoms with Crippen molar-refractivity contribution in [1.29, 1.82) is 0 Å². The second-order valence-electron chi connectivity index (χ2n) is 15.0. The number of thiophene rings is 1. The molecule has 58 heavy (non-hydrogen) atoms. The van der Waals surface area contributed by atoms with Gasteiger partial charge < -0.3 is 4.57 Å². The Morgan fingerprint density at radius 1 is 0.397 bits per heavy atom. The third-order valence-electron chi connectivity index (χ3n) is 11.3. The van der Waals surface area contributed by atoms with E-state index in [4.69, 9.17) is 15.0 Å². The minimum absolute atomic E-state index is 0.615. The first-order valence-corrected chi connectivity index (χ1v) is 20.4. The Labute approximate surface area is 340 Å². The van der Waals surface area contributed by atoms with E-state index in [0.717, 1.165) is 39.0 Å². The van der Waals surface area contributed by atoms with Crippen LogP contribution >= 0.6 is 11.3 Å². The highest BCUT2D eigenvalue weighted by molar-refractivity contribution is 7.26. The van der Waals surface area contributed by atoms with E-state index in [2.05, 4.69) is 164 Å². The van der Waals surface area contributed by atoms with Gasteiger partial charge in [-0.3, -0.25) is 0 Å². The summed E-state index contributed by atoms with van der Waals surface area (Å²) in [4.78, 5) is 15.7. The van der Waals surface area contributed by atoms with Crippen LogP contribution in [0.1, 0.15) is 11.1 Å². The summed E-state index contributed by atoms with van der Waals surface area (Å²) in [7, 11) is 0. The van der Waals surface area contributed by atoms with E-state index in [0.29, 0.717) is 17.5 Å². The normalized spacial score (nSPS) is 11.6. The highest BCUT2D eigenvalue weighted by Crippen LogP contribution is 2.43. The Morgan fingerprint density at radius 2 is 1.02 bits per heavy atom. The Balaban J connectivity index is 1.23. The molecule has 0 aliphatic rings. The zero-order valence-corrected chi connectivity index (χ0v) is 32.8. The van der Waals surface area contributed by atoms with Crippen LogP contribution in [0.2, 0.25) is 0 Å². The molecule has 11 aromatic rings. The van der Waals surface area contributed by atoms with Gasteiger partial charge in [-0.1, -0.05) is 157 Å². The predicted molar refractivity (Wildman–Crippen MR) is 244 cm³/mol. The van der Waals surface area contributed by atoms with E-state index in [1.165, 1.54) is 58.8 Å². The lowest BCUT2D eigenvalue weighted by Gasteiger charge is -2.17. The van der Waals surface area contributed by atoms with Gasteiger partial charge in [-0.25, -0.2) is 15.0 Å². The molecule has 0 spiro atoms. The molecule has 0 aliphatic heterocycles.